The molecule has 0 bridgehead atoms. The Labute approximate surface area is 176 Å². The first-order valence-corrected chi connectivity index (χ1v) is 11.0. The fourth-order valence-corrected chi connectivity index (χ4v) is 4.74. The SMILES string of the molecule is COc1ccc(/C=C/C(=O)N2CCN(S(=O)(=O)c3ccc(C)c(C)c3)CC2)cc1F. The molecule has 1 heterocycles. The highest BCUT2D eigenvalue weighted by Gasteiger charge is 2.29. The molecule has 2 aromatic rings. The van der Waals surface area contributed by atoms with Crippen molar-refractivity contribution in [2.75, 3.05) is 33.3 Å². The molecule has 3 rings (SSSR count). The topological polar surface area (TPSA) is 66.9 Å². The molecular weight excluding hydrogens is 407 g/mol. The molecule has 160 valence electrons. The molecule has 1 saturated heterocycles. The third-order valence-electron chi connectivity index (χ3n) is 5.26. The van der Waals surface area contributed by atoms with Crippen molar-refractivity contribution in [1.29, 1.82) is 0 Å². The van der Waals surface area contributed by atoms with Crippen molar-refractivity contribution in [3.05, 3.63) is 65.0 Å². The number of sulfonamides is 1. The number of aryl methyl sites for hydroxylation is 2. The zero-order valence-corrected chi connectivity index (χ0v) is 18.1. The first kappa shape index (κ1) is 22.0. The van der Waals surface area contributed by atoms with E-state index in [2.05, 4.69) is 0 Å². The number of methoxy groups -OCH3 is 1. The second kappa shape index (κ2) is 8.97. The van der Waals surface area contributed by atoms with Gasteiger partial charge in [0.2, 0.25) is 15.9 Å². The molecule has 1 aliphatic heterocycles. The fraction of sp³-hybridized carbons (Fsp3) is 0.318. The second-order valence-electron chi connectivity index (χ2n) is 7.20. The highest BCUT2D eigenvalue weighted by Crippen LogP contribution is 2.21. The molecule has 6 nitrogen and oxygen atoms in total. The van der Waals surface area contributed by atoms with Crippen molar-refractivity contribution in [2.45, 2.75) is 18.7 Å². The van der Waals surface area contributed by atoms with Crippen LogP contribution in [0.4, 0.5) is 4.39 Å². The van der Waals surface area contributed by atoms with Crippen LogP contribution in [-0.2, 0) is 14.8 Å². The van der Waals surface area contributed by atoms with Gasteiger partial charge in [-0.1, -0.05) is 12.1 Å². The van der Waals surface area contributed by atoms with Gasteiger partial charge in [-0.25, -0.2) is 12.8 Å². The van der Waals surface area contributed by atoms with E-state index in [1.165, 1.54) is 35.7 Å². The number of halogens is 1. The van der Waals surface area contributed by atoms with Crippen LogP contribution in [0.2, 0.25) is 0 Å². The molecule has 1 amide bonds. The number of hydrogen-bond donors (Lipinski definition) is 0. The maximum atomic E-state index is 13.8. The van der Waals surface area contributed by atoms with Crippen LogP contribution in [0.3, 0.4) is 0 Å². The van der Waals surface area contributed by atoms with Crippen molar-refractivity contribution in [3.63, 3.8) is 0 Å². The fourth-order valence-electron chi connectivity index (χ4n) is 3.23. The highest BCUT2D eigenvalue weighted by molar-refractivity contribution is 7.89. The molecule has 0 spiro atoms. The molecule has 2 aromatic carbocycles. The maximum absolute atomic E-state index is 13.8. The first-order valence-electron chi connectivity index (χ1n) is 9.60. The summed E-state index contributed by atoms with van der Waals surface area (Å²) >= 11 is 0. The van der Waals surface area contributed by atoms with Gasteiger partial charge in [0.25, 0.3) is 0 Å². The minimum atomic E-state index is -3.59. The van der Waals surface area contributed by atoms with Crippen molar-refractivity contribution in [3.8, 4) is 5.75 Å². The normalized spacial score (nSPS) is 15.5. The molecule has 1 fully saturated rings. The van der Waals surface area contributed by atoms with E-state index in [4.69, 9.17) is 4.74 Å². The van der Waals surface area contributed by atoms with Crippen LogP contribution in [-0.4, -0.2) is 56.8 Å². The summed E-state index contributed by atoms with van der Waals surface area (Å²) in [5, 5.41) is 0. The zero-order valence-electron chi connectivity index (χ0n) is 17.3. The molecule has 0 atom stereocenters. The number of carbonyl (C=O) groups is 1. The average Bonchev–Trinajstić information content (AvgIpc) is 2.74. The number of hydrogen-bond acceptors (Lipinski definition) is 4. The van der Waals surface area contributed by atoms with Gasteiger partial charge in [0.15, 0.2) is 11.6 Å². The molecule has 0 saturated carbocycles. The van der Waals surface area contributed by atoms with Gasteiger partial charge in [-0.15, -0.1) is 0 Å². The lowest BCUT2D eigenvalue weighted by Gasteiger charge is -2.33. The van der Waals surface area contributed by atoms with Gasteiger partial charge in [-0.2, -0.15) is 4.31 Å². The smallest absolute Gasteiger partial charge is 0.246 e. The summed E-state index contributed by atoms with van der Waals surface area (Å²) in [6, 6.07) is 9.53. The number of carbonyl (C=O) groups excluding carboxylic acids is 1. The lowest BCUT2D eigenvalue weighted by Crippen LogP contribution is -2.50. The summed E-state index contributed by atoms with van der Waals surface area (Å²) in [5.41, 5.74) is 2.50. The Kier molecular flexibility index (Phi) is 6.58. The van der Waals surface area contributed by atoms with Gasteiger partial charge in [0.05, 0.1) is 12.0 Å². The van der Waals surface area contributed by atoms with Crippen LogP contribution < -0.4 is 4.74 Å². The van der Waals surface area contributed by atoms with Crippen LogP contribution in [0.15, 0.2) is 47.4 Å². The van der Waals surface area contributed by atoms with Crippen LogP contribution in [0.1, 0.15) is 16.7 Å². The number of rotatable bonds is 5. The Balaban J connectivity index is 1.62. The Bertz CT molecular complexity index is 1070. The molecule has 0 unspecified atom stereocenters. The maximum Gasteiger partial charge on any atom is 0.246 e. The highest BCUT2D eigenvalue weighted by atomic mass is 32.2. The Morgan fingerprint density at radius 3 is 2.33 bits per heavy atom. The Hall–Kier alpha value is -2.71. The van der Waals surface area contributed by atoms with Gasteiger partial charge in [0, 0.05) is 32.3 Å². The van der Waals surface area contributed by atoms with Crippen LogP contribution in [0.25, 0.3) is 6.08 Å². The van der Waals surface area contributed by atoms with Crippen molar-refractivity contribution >= 4 is 22.0 Å². The van der Waals surface area contributed by atoms with Gasteiger partial charge >= 0.3 is 0 Å². The lowest BCUT2D eigenvalue weighted by atomic mass is 10.1. The predicted molar refractivity (Wildman–Crippen MR) is 113 cm³/mol. The van der Waals surface area contributed by atoms with Crippen LogP contribution >= 0.6 is 0 Å². The number of nitrogens with zero attached hydrogens (tertiary/aromatic N) is 2. The average molecular weight is 433 g/mol. The summed E-state index contributed by atoms with van der Waals surface area (Å²) in [4.78, 5) is 14.3. The molecule has 30 heavy (non-hydrogen) atoms. The monoisotopic (exact) mass is 432 g/mol. The van der Waals surface area contributed by atoms with E-state index in [9.17, 15) is 17.6 Å². The molecule has 1 aliphatic rings. The van der Waals surface area contributed by atoms with Gasteiger partial charge in [-0.05, 0) is 60.9 Å². The van der Waals surface area contributed by atoms with E-state index in [1.54, 1.807) is 29.2 Å². The lowest BCUT2D eigenvalue weighted by molar-refractivity contribution is -0.127. The second-order valence-corrected chi connectivity index (χ2v) is 9.14. The molecule has 0 aromatic heterocycles. The zero-order chi connectivity index (χ0) is 21.9. The van der Waals surface area contributed by atoms with E-state index < -0.39 is 15.8 Å². The number of ether oxygens (including phenoxy) is 1. The van der Waals surface area contributed by atoms with E-state index in [1.807, 2.05) is 13.8 Å². The predicted octanol–water partition coefficient (Wildman–Crippen LogP) is 3.00. The van der Waals surface area contributed by atoms with Crippen LogP contribution in [0, 0.1) is 19.7 Å². The first-order chi connectivity index (χ1) is 14.2. The van der Waals surface area contributed by atoms with Crippen molar-refractivity contribution in [2.24, 2.45) is 0 Å². The van der Waals surface area contributed by atoms with E-state index >= 15 is 0 Å². The number of amides is 1. The third kappa shape index (κ3) is 4.71. The van der Waals surface area contributed by atoms with E-state index in [0.29, 0.717) is 18.7 Å². The molecule has 0 N–H and O–H groups in total. The van der Waals surface area contributed by atoms with Gasteiger partial charge in [0.1, 0.15) is 0 Å². The molecular formula is C22H25FN2O4S. The molecule has 0 aliphatic carbocycles. The standard InChI is InChI=1S/C22H25FN2O4S/c1-16-4-7-19(14-17(16)2)30(27,28)25-12-10-24(11-13-25)22(26)9-6-18-5-8-21(29-3)20(23)15-18/h4-9,14-15H,10-13H2,1-3H3/b9-6+. The Morgan fingerprint density at radius 2 is 1.73 bits per heavy atom. The summed E-state index contributed by atoms with van der Waals surface area (Å²) in [7, 11) is -2.21. The van der Waals surface area contributed by atoms with E-state index in [-0.39, 0.29) is 29.6 Å². The third-order valence-corrected chi connectivity index (χ3v) is 7.16. The summed E-state index contributed by atoms with van der Waals surface area (Å²) in [6.07, 6.45) is 2.90. The minimum Gasteiger partial charge on any atom is -0.494 e. The Morgan fingerprint density at radius 1 is 1.03 bits per heavy atom. The summed E-state index contributed by atoms with van der Waals surface area (Å²) in [6.45, 7) is 4.86. The largest absolute Gasteiger partial charge is 0.494 e. The van der Waals surface area contributed by atoms with Gasteiger partial charge < -0.3 is 9.64 Å². The van der Waals surface area contributed by atoms with Gasteiger partial charge in [-0.3, -0.25) is 4.79 Å². The summed E-state index contributed by atoms with van der Waals surface area (Å²) < 4.78 is 45.8. The van der Waals surface area contributed by atoms with E-state index in [0.717, 1.165) is 11.1 Å². The van der Waals surface area contributed by atoms with Crippen molar-refractivity contribution < 1.29 is 22.3 Å². The molecule has 8 heteroatoms. The number of piperazine rings is 1. The minimum absolute atomic E-state index is 0.138. The van der Waals surface area contributed by atoms with Crippen molar-refractivity contribution in [1.82, 2.24) is 9.21 Å². The quantitative estimate of drug-likeness (QED) is 0.682. The molecule has 0 radical (unpaired) electrons. The van der Waals surface area contributed by atoms with Crippen LogP contribution in [0.5, 0.6) is 5.75 Å². The summed E-state index contributed by atoms with van der Waals surface area (Å²) in [5.74, 6) is -0.605. The number of benzene rings is 2.